The summed E-state index contributed by atoms with van der Waals surface area (Å²) in [4.78, 5) is 12.2. The van der Waals surface area contributed by atoms with E-state index in [1.165, 1.54) is 0 Å². The van der Waals surface area contributed by atoms with Crippen LogP contribution in [0.25, 0.3) is 11.3 Å². The molecule has 2 aromatic rings. The van der Waals surface area contributed by atoms with Gasteiger partial charge in [0.15, 0.2) is 0 Å². The average molecular weight is 285 g/mol. The van der Waals surface area contributed by atoms with Crippen molar-refractivity contribution in [3.05, 3.63) is 36.5 Å². The lowest BCUT2D eigenvalue weighted by molar-refractivity contribution is -0.120. The van der Waals surface area contributed by atoms with Crippen molar-refractivity contribution < 1.29 is 4.79 Å². The number of carbonyl (C=O) groups is 1. The minimum Gasteiger partial charge on any atom is -0.326 e. The number of aromatic amines is 1. The molecule has 0 bridgehead atoms. The predicted octanol–water partition coefficient (Wildman–Crippen LogP) is 4.23. The fraction of sp³-hybridized carbons (Fsp3) is 0.412. The fourth-order valence-corrected chi connectivity index (χ4v) is 2.37. The van der Waals surface area contributed by atoms with Crippen molar-refractivity contribution in [2.24, 2.45) is 5.92 Å². The zero-order chi connectivity index (χ0) is 15.1. The van der Waals surface area contributed by atoms with Crippen LogP contribution in [0.1, 0.15) is 39.5 Å². The maximum absolute atomic E-state index is 12.2. The third kappa shape index (κ3) is 4.18. The van der Waals surface area contributed by atoms with Gasteiger partial charge in [-0.1, -0.05) is 38.8 Å². The third-order valence-corrected chi connectivity index (χ3v) is 3.73. The van der Waals surface area contributed by atoms with Gasteiger partial charge in [-0.3, -0.25) is 9.89 Å². The molecule has 1 unspecified atom stereocenters. The molecule has 0 aliphatic rings. The minimum absolute atomic E-state index is 0.109. The number of benzene rings is 1. The van der Waals surface area contributed by atoms with E-state index in [0.29, 0.717) is 0 Å². The Bertz CT molecular complexity index is 546. The summed E-state index contributed by atoms with van der Waals surface area (Å²) in [5.41, 5.74) is 2.88. The SMILES string of the molecule is CCCCC(CC)C(=O)Nc1ccc(-c2ccn[nH]2)cc1. The Hall–Kier alpha value is -2.10. The molecule has 0 fully saturated rings. The number of carbonyl (C=O) groups excluding carboxylic acids is 1. The van der Waals surface area contributed by atoms with Gasteiger partial charge in [0.05, 0.1) is 5.69 Å². The van der Waals surface area contributed by atoms with Crippen molar-refractivity contribution in [3.8, 4) is 11.3 Å². The van der Waals surface area contributed by atoms with E-state index in [1.807, 2.05) is 30.3 Å². The van der Waals surface area contributed by atoms with Gasteiger partial charge in [0.2, 0.25) is 5.91 Å². The van der Waals surface area contributed by atoms with E-state index in [9.17, 15) is 4.79 Å². The van der Waals surface area contributed by atoms with Crippen LogP contribution in [0.2, 0.25) is 0 Å². The first-order valence-corrected chi connectivity index (χ1v) is 7.65. The molecule has 0 spiro atoms. The van der Waals surface area contributed by atoms with Gasteiger partial charge in [-0.15, -0.1) is 0 Å². The molecule has 2 N–H and O–H groups in total. The van der Waals surface area contributed by atoms with Crippen molar-refractivity contribution in [1.82, 2.24) is 10.2 Å². The molecular weight excluding hydrogens is 262 g/mol. The number of hydrogen-bond acceptors (Lipinski definition) is 2. The van der Waals surface area contributed by atoms with Crippen LogP contribution in [-0.2, 0) is 4.79 Å². The summed E-state index contributed by atoms with van der Waals surface area (Å²) in [6.07, 6.45) is 5.81. The maximum Gasteiger partial charge on any atom is 0.227 e. The topological polar surface area (TPSA) is 57.8 Å². The van der Waals surface area contributed by atoms with Crippen molar-refractivity contribution >= 4 is 11.6 Å². The minimum atomic E-state index is 0.109. The number of hydrogen-bond donors (Lipinski definition) is 2. The summed E-state index contributed by atoms with van der Waals surface area (Å²) < 4.78 is 0. The van der Waals surface area contributed by atoms with Gasteiger partial charge < -0.3 is 5.32 Å². The van der Waals surface area contributed by atoms with E-state index >= 15 is 0 Å². The van der Waals surface area contributed by atoms with E-state index in [0.717, 1.165) is 42.6 Å². The molecule has 0 saturated heterocycles. The number of aromatic nitrogens is 2. The molecule has 1 heterocycles. The summed E-state index contributed by atoms with van der Waals surface area (Å²) in [5, 5.41) is 9.87. The van der Waals surface area contributed by atoms with Crippen molar-refractivity contribution in [3.63, 3.8) is 0 Å². The second-order valence-corrected chi connectivity index (χ2v) is 5.28. The summed E-state index contributed by atoms with van der Waals surface area (Å²) >= 11 is 0. The number of nitrogens with one attached hydrogen (secondary N) is 2. The van der Waals surface area contributed by atoms with E-state index in [1.54, 1.807) is 6.20 Å². The highest BCUT2D eigenvalue weighted by atomic mass is 16.1. The highest BCUT2D eigenvalue weighted by Gasteiger charge is 2.15. The molecule has 4 heteroatoms. The summed E-state index contributed by atoms with van der Waals surface area (Å²) in [7, 11) is 0. The highest BCUT2D eigenvalue weighted by molar-refractivity contribution is 5.92. The smallest absolute Gasteiger partial charge is 0.227 e. The van der Waals surface area contributed by atoms with Crippen LogP contribution in [-0.4, -0.2) is 16.1 Å². The van der Waals surface area contributed by atoms with Crippen LogP contribution in [0.3, 0.4) is 0 Å². The molecule has 1 aromatic heterocycles. The van der Waals surface area contributed by atoms with Gasteiger partial charge >= 0.3 is 0 Å². The summed E-state index contributed by atoms with van der Waals surface area (Å²) in [6.45, 7) is 4.22. The number of unbranched alkanes of at least 4 members (excludes halogenated alkanes) is 1. The number of H-pyrrole nitrogens is 1. The molecule has 21 heavy (non-hydrogen) atoms. The van der Waals surface area contributed by atoms with Crippen LogP contribution < -0.4 is 5.32 Å². The molecule has 0 saturated carbocycles. The van der Waals surface area contributed by atoms with E-state index in [-0.39, 0.29) is 11.8 Å². The van der Waals surface area contributed by atoms with Crippen LogP contribution in [0, 0.1) is 5.92 Å². The first kappa shape index (κ1) is 15.3. The second-order valence-electron chi connectivity index (χ2n) is 5.28. The number of nitrogens with zero attached hydrogens (tertiary/aromatic N) is 1. The number of rotatable bonds is 7. The lowest BCUT2D eigenvalue weighted by Crippen LogP contribution is -2.22. The van der Waals surface area contributed by atoms with Gasteiger partial charge in [0.1, 0.15) is 0 Å². The Balaban J connectivity index is 1.97. The van der Waals surface area contributed by atoms with Crippen molar-refractivity contribution in [1.29, 1.82) is 0 Å². The van der Waals surface area contributed by atoms with Gasteiger partial charge in [-0.25, -0.2) is 0 Å². The number of anilines is 1. The Labute approximate surface area is 126 Å². The fourth-order valence-electron chi connectivity index (χ4n) is 2.37. The molecule has 0 radical (unpaired) electrons. The normalized spacial score (nSPS) is 12.1. The Morgan fingerprint density at radius 3 is 2.57 bits per heavy atom. The maximum atomic E-state index is 12.2. The Morgan fingerprint density at radius 1 is 1.24 bits per heavy atom. The van der Waals surface area contributed by atoms with Crippen LogP contribution >= 0.6 is 0 Å². The standard InChI is InChI=1S/C17H23N3O/c1-3-5-6-13(4-2)17(21)19-15-9-7-14(8-10-15)16-11-12-18-20-16/h7-13H,3-6H2,1-2H3,(H,18,20)(H,19,21). The third-order valence-electron chi connectivity index (χ3n) is 3.73. The molecule has 112 valence electrons. The monoisotopic (exact) mass is 285 g/mol. The molecule has 1 aromatic carbocycles. The Kier molecular flexibility index (Phi) is 5.55. The van der Waals surface area contributed by atoms with E-state index in [4.69, 9.17) is 0 Å². The van der Waals surface area contributed by atoms with Crippen LogP contribution in [0.5, 0.6) is 0 Å². The summed E-state index contributed by atoms with van der Waals surface area (Å²) in [5.74, 6) is 0.234. The summed E-state index contributed by atoms with van der Waals surface area (Å²) in [6, 6.07) is 9.75. The quantitative estimate of drug-likeness (QED) is 0.799. The average Bonchev–Trinajstić information content (AvgIpc) is 3.03. The van der Waals surface area contributed by atoms with Crippen LogP contribution in [0.15, 0.2) is 36.5 Å². The first-order valence-electron chi connectivity index (χ1n) is 7.65. The molecule has 4 nitrogen and oxygen atoms in total. The molecule has 0 aliphatic heterocycles. The zero-order valence-corrected chi connectivity index (χ0v) is 12.7. The second kappa shape index (κ2) is 7.62. The van der Waals surface area contributed by atoms with E-state index in [2.05, 4.69) is 29.4 Å². The molecule has 1 amide bonds. The van der Waals surface area contributed by atoms with Gasteiger partial charge in [-0.05, 0) is 36.6 Å². The highest BCUT2D eigenvalue weighted by Crippen LogP contribution is 2.20. The van der Waals surface area contributed by atoms with Crippen molar-refractivity contribution in [2.45, 2.75) is 39.5 Å². The molecule has 0 aliphatic carbocycles. The van der Waals surface area contributed by atoms with Gasteiger partial charge in [0, 0.05) is 17.8 Å². The van der Waals surface area contributed by atoms with Gasteiger partial charge in [-0.2, -0.15) is 5.10 Å². The lowest BCUT2D eigenvalue weighted by atomic mass is 9.98. The van der Waals surface area contributed by atoms with Crippen LogP contribution in [0.4, 0.5) is 5.69 Å². The largest absolute Gasteiger partial charge is 0.326 e. The van der Waals surface area contributed by atoms with Gasteiger partial charge in [0.25, 0.3) is 0 Å². The Morgan fingerprint density at radius 2 is 2.00 bits per heavy atom. The predicted molar refractivity (Wildman–Crippen MR) is 86.0 cm³/mol. The first-order chi connectivity index (χ1) is 10.2. The lowest BCUT2D eigenvalue weighted by Gasteiger charge is -2.14. The molecule has 2 rings (SSSR count). The number of amides is 1. The molecule has 1 atom stereocenters. The molecular formula is C17H23N3O. The van der Waals surface area contributed by atoms with Crippen molar-refractivity contribution in [2.75, 3.05) is 5.32 Å². The zero-order valence-electron chi connectivity index (χ0n) is 12.7. The van der Waals surface area contributed by atoms with E-state index < -0.39 is 0 Å².